The molecule has 1 fully saturated rings. The largest absolute Gasteiger partial charge is 0.361 e. The molecule has 1 saturated heterocycles. The fourth-order valence-electron chi connectivity index (χ4n) is 5.09. The number of carbonyl (C=O) groups excluding carboxylic acids is 2. The smallest absolute Gasteiger partial charge is 0.244 e. The topological polar surface area (TPSA) is 85.7 Å². The molecule has 2 amide bonds. The van der Waals surface area contributed by atoms with E-state index in [0.29, 0.717) is 25.9 Å². The van der Waals surface area contributed by atoms with Gasteiger partial charge in [-0.2, -0.15) is 0 Å². The van der Waals surface area contributed by atoms with Crippen molar-refractivity contribution in [2.24, 2.45) is 11.1 Å². The number of H-pyrrole nitrogens is 1. The minimum atomic E-state index is -0.686. The Morgan fingerprint density at radius 1 is 1.09 bits per heavy atom. The third-order valence-electron chi connectivity index (χ3n) is 7.05. The minimum absolute atomic E-state index is 0.0315. The molecular weight excluding hydrogens is 426 g/mol. The zero-order chi connectivity index (χ0) is 24.3. The molecule has 4 rings (SSSR count). The van der Waals surface area contributed by atoms with Crippen LogP contribution in [0.25, 0.3) is 10.9 Å². The second kappa shape index (κ2) is 9.99. The number of nitrogens with two attached hydrogens (primary N) is 1. The van der Waals surface area contributed by atoms with Crippen LogP contribution < -0.4 is 5.73 Å². The number of aromatic amines is 1. The van der Waals surface area contributed by atoms with Crippen molar-refractivity contribution >= 4 is 22.7 Å². The zero-order valence-electron chi connectivity index (χ0n) is 20.3. The maximum atomic E-state index is 13.7. The lowest BCUT2D eigenvalue weighted by molar-refractivity contribution is -0.159. The van der Waals surface area contributed by atoms with E-state index in [9.17, 15) is 9.59 Å². The molecule has 34 heavy (non-hydrogen) atoms. The van der Waals surface area contributed by atoms with Gasteiger partial charge in [-0.05, 0) is 42.9 Å². The van der Waals surface area contributed by atoms with Gasteiger partial charge in [0, 0.05) is 51.3 Å². The van der Waals surface area contributed by atoms with Gasteiger partial charge in [-0.1, -0.05) is 48.5 Å². The van der Waals surface area contributed by atoms with Crippen molar-refractivity contribution in [2.45, 2.75) is 31.7 Å². The second-order valence-electron chi connectivity index (χ2n) is 9.65. The van der Waals surface area contributed by atoms with Crippen molar-refractivity contribution in [1.29, 1.82) is 0 Å². The van der Waals surface area contributed by atoms with Gasteiger partial charge in [0.25, 0.3) is 0 Å². The highest BCUT2D eigenvalue weighted by Crippen LogP contribution is 2.36. The Hall–Kier alpha value is -3.16. The molecule has 7 heteroatoms. The van der Waals surface area contributed by atoms with Crippen LogP contribution in [-0.4, -0.2) is 72.0 Å². The van der Waals surface area contributed by atoms with Gasteiger partial charge in [-0.3, -0.25) is 14.6 Å². The maximum Gasteiger partial charge on any atom is 0.244 e. The van der Waals surface area contributed by atoms with Gasteiger partial charge in [0.05, 0.1) is 11.5 Å². The Morgan fingerprint density at radius 3 is 2.53 bits per heavy atom. The Balaban J connectivity index is 1.55. The summed E-state index contributed by atoms with van der Waals surface area (Å²) >= 11 is 0. The molecule has 0 radical (unpaired) electrons. The van der Waals surface area contributed by atoms with E-state index in [1.807, 2.05) is 79.8 Å². The minimum Gasteiger partial charge on any atom is -0.361 e. The average molecular weight is 462 g/mol. The van der Waals surface area contributed by atoms with Crippen LogP contribution in [0.5, 0.6) is 0 Å². The van der Waals surface area contributed by atoms with E-state index in [2.05, 4.69) is 4.98 Å². The number of hydrazine groups is 1. The van der Waals surface area contributed by atoms with Crippen LogP contribution in [0, 0.1) is 5.41 Å². The molecule has 0 spiro atoms. The first-order chi connectivity index (χ1) is 16.3. The van der Waals surface area contributed by atoms with Crippen molar-refractivity contribution in [3.05, 3.63) is 71.9 Å². The molecule has 2 heterocycles. The third kappa shape index (κ3) is 4.86. The number of nitrogens with one attached hydrogen (secondary N) is 1. The van der Waals surface area contributed by atoms with E-state index in [-0.39, 0.29) is 11.8 Å². The standard InChI is InChI=1S/C27H35N5O2/c1-30(2)31(3)26(34)27(17-20-10-5-4-6-11-20)14-9-15-32(19-27)25(33)23(28)16-21-18-29-24-13-8-7-12-22(21)24/h4-8,10-13,18,23,29H,9,14-17,19,28H2,1-3H3/t23-,27+/m1/s1. The van der Waals surface area contributed by atoms with Crippen molar-refractivity contribution < 1.29 is 9.59 Å². The average Bonchev–Trinajstić information content (AvgIpc) is 3.26. The fraction of sp³-hybridized carbons (Fsp3) is 0.407. The number of rotatable bonds is 7. The molecule has 1 aromatic heterocycles. The van der Waals surface area contributed by atoms with E-state index < -0.39 is 11.5 Å². The molecular formula is C27H35N5O2. The van der Waals surface area contributed by atoms with Gasteiger partial charge < -0.3 is 15.6 Å². The highest BCUT2D eigenvalue weighted by atomic mass is 16.2. The van der Waals surface area contributed by atoms with E-state index in [1.54, 1.807) is 17.1 Å². The Morgan fingerprint density at radius 2 is 1.79 bits per heavy atom. The lowest BCUT2D eigenvalue weighted by Crippen LogP contribution is -2.58. The second-order valence-corrected chi connectivity index (χ2v) is 9.65. The predicted molar refractivity (Wildman–Crippen MR) is 135 cm³/mol. The van der Waals surface area contributed by atoms with Gasteiger partial charge in [-0.15, -0.1) is 0 Å². The van der Waals surface area contributed by atoms with Crippen molar-refractivity contribution in [1.82, 2.24) is 19.9 Å². The first-order valence-electron chi connectivity index (χ1n) is 11.9. The molecule has 7 nitrogen and oxygen atoms in total. The summed E-state index contributed by atoms with van der Waals surface area (Å²) in [5.74, 6) is -0.0632. The van der Waals surface area contributed by atoms with Gasteiger partial charge in [0.1, 0.15) is 0 Å². The van der Waals surface area contributed by atoms with Gasteiger partial charge in [-0.25, -0.2) is 5.01 Å². The van der Waals surface area contributed by atoms with Crippen molar-refractivity contribution in [3.63, 3.8) is 0 Å². The van der Waals surface area contributed by atoms with Crippen LogP contribution >= 0.6 is 0 Å². The number of likely N-dealkylation sites (tertiary alicyclic amines) is 1. The van der Waals surface area contributed by atoms with Crippen molar-refractivity contribution in [2.75, 3.05) is 34.2 Å². The summed E-state index contributed by atoms with van der Waals surface area (Å²) in [6.45, 7) is 0.995. The summed E-state index contributed by atoms with van der Waals surface area (Å²) < 4.78 is 0. The number of piperidine rings is 1. The van der Waals surface area contributed by atoms with Crippen LogP contribution in [-0.2, 0) is 22.4 Å². The Kier molecular flexibility index (Phi) is 7.05. The number of amides is 2. The van der Waals surface area contributed by atoms with Gasteiger partial charge >= 0.3 is 0 Å². The van der Waals surface area contributed by atoms with Crippen LogP contribution in [0.2, 0.25) is 0 Å². The van der Waals surface area contributed by atoms with Crippen molar-refractivity contribution in [3.8, 4) is 0 Å². The summed E-state index contributed by atoms with van der Waals surface area (Å²) in [4.78, 5) is 32.3. The number of carbonyl (C=O) groups is 2. The van der Waals surface area contributed by atoms with Crippen LogP contribution in [0.1, 0.15) is 24.0 Å². The molecule has 0 unspecified atom stereocenters. The summed E-state index contributed by atoms with van der Waals surface area (Å²) in [6.07, 6.45) is 4.48. The fourth-order valence-corrected chi connectivity index (χ4v) is 5.09. The third-order valence-corrected chi connectivity index (χ3v) is 7.05. The highest BCUT2D eigenvalue weighted by Gasteiger charge is 2.46. The number of hydrogen-bond acceptors (Lipinski definition) is 4. The van der Waals surface area contributed by atoms with Gasteiger partial charge in [0.2, 0.25) is 11.8 Å². The Labute approximate surface area is 201 Å². The molecule has 0 bridgehead atoms. The number of para-hydroxylation sites is 1. The molecule has 0 saturated carbocycles. The quantitative estimate of drug-likeness (QED) is 0.530. The molecule has 2 atom stereocenters. The predicted octanol–water partition coefficient (Wildman–Crippen LogP) is 2.82. The summed E-state index contributed by atoms with van der Waals surface area (Å²) in [5, 5.41) is 4.53. The van der Waals surface area contributed by atoms with Gasteiger partial charge in [0.15, 0.2) is 0 Å². The summed E-state index contributed by atoms with van der Waals surface area (Å²) in [5.41, 5.74) is 8.93. The van der Waals surface area contributed by atoms with E-state index in [1.165, 1.54) is 0 Å². The zero-order valence-corrected chi connectivity index (χ0v) is 20.3. The Bertz CT molecular complexity index is 1140. The SMILES string of the molecule is CN(C)N(C)C(=O)[C@]1(Cc2ccccc2)CCCN(C(=O)[C@H](N)Cc2c[nH]c3ccccc23)C1. The van der Waals surface area contributed by atoms with E-state index in [4.69, 9.17) is 5.73 Å². The van der Waals surface area contributed by atoms with Crippen LogP contribution in [0.4, 0.5) is 0 Å². The van der Waals surface area contributed by atoms with E-state index >= 15 is 0 Å². The molecule has 2 aromatic carbocycles. The first-order valence-corrected chi connectivity index (χ1v) is 11.9. The summed E-state index contributed by atoms with van der Waals surface area (Å²) in [7, 11) is 5.51. The number of fused-ring (bicyclic) bond motifs is 1. The monoisotopic (exact) mass is 461 g/mol. The van der Waals surface area contributed by atoms with E-state index in [0.717, 1.165) is 34.9 Å². The molecule has 3 aromatic rings. The highest BCUT2D eigenvalue weighted by molar-refractivity contribution is 5.88. The lowest BCUT2D eigenvalue weighted by atomic mass is 9.74. The van der Waals surface area contributed by atoms with Crippen LogP contribution in [0.15, 0.2) is 60.8 Å². The normalized spacial score (nSPS) is 19.4. The number of hydrogen-bond donors (Lipinski definition) is 2. The van der Waals surface area contributed by atoms with Crippen LogP contribution in [0.3, 0.4) is 0 Å². The molecule has 1 aliphatic heterocycles. The maximum absolute atomic E-state index is 13.7. The summed E-state index contributed by atoms with van der Waals surface area (Å²) in [6, 6.07) is 17.4. The molecule has 180 valence electrons. The lowest BCUT2D eigenvalue weighted by Gasteiger charge is -2.45. The molecule has 0 aliphatic carbocycles. The molecule has 1 aliphatic rings. The number of aromatic nitrogens is 1. The molecule has 3 N–H and O–H groups in total. The first kappa shape index (κ1) is 24.0. The number of benzene rings is 2. The number of nitrogens with zero attached hydrogens (tertiary/aromatic N) is 3.